The maximum atomic E-state index is 11.9. The van der Waals surface area contributed by atoms with Gasteiger partial charge in [-0.15, -0.1) is 0 Å². The summed E-state index contributed by atoms with van der Waals surface area (Å²) < 4.78 is 1.15. The van der Waals surface area contributed by atoms with Gasteiger partial charge in [-0.05, 0) is 0 Å². The minimum absolute atomic E-state index is 0.135. The molecule has 2 aromatic rings. The second-order valence-corrected chi connectivity index (χ2v) is 11.0. The fourth-order valence-electron chi connectivity index (χ4n) is 1.98. The van der Waals surface area contributed by atoms with Crippen LogP contribution in [0.4, 0.5) is 5.69 Å². The summed E-state index contributed by atoms with van der Waals surface area (Å²) in [6.45, 7) is 9.04. The number of nitrogens with one attached hydrogen (secondary N) is 1. The summed E-state index contributed by atoms with van der Waals surface area (Å²) in [5, 5.41) is 4.21. The Balaban J connectivity index is 2.14. The van der Waals surface area contributed by atoms with E-state index in [0.717, 1.165) is 9.91 Å². The van der Waals surface area contributed by atoms with Gasteiger partial charge in [0.1, 0.15) is 0 Å². The van der Waals surface area contributed by atoms with Crippen LogP contribution in [0, 0.1) is 5.41 Å². The van der Waals surface area contributed by atoms with Crippen LogP contribution in [0.2, 0.25) is 14.8 Å². The van der Waals surface area contributed by atoms with Gasteiger partial charge in [-0.25, -0.2) is 0 Å². The molecular formula is C17H20AsCl2NO2. The molecule has 0 aliphatic rings. The van der Waals surface area contributed by atoms with Crippen molar-refractivity contribution in [3.8, 4) is 0 Å². The summed E-state index contributed by atoms with van der Waals surface area (Å²) >= 11 is 11.3. The maximum absolute atomic E-state index is 11.9. The second-order valence-electron chi connectivity index (χ2n) is 6.73. The Morgan fingerprint density at radius 1 is 1.17 bits per heavy atom. The van der Waals surface area contributed by atoms with E-state index < -0.39 is 21.2 Å². The third-order valence-electron chi connectivity index (χ3n) is 4.04. The van der Waals surface area contributed by atoms with Crippen molar-refractivity contribution in [2.24, 2.45) is 5.41 Å². The molecule has 1 N–H and O–H groups in total. The molecule has 0 saturated heterocycles. The zero-order chi connectivity index (χ0) is 17.4. The van der Waals surface area contributed by atoms with Crippen molar-refractivity contribution in [2.45, 2.75) is 38.9 Å². The van der Waals surface area contributed by atoms with Gasteiger partial charge in [0.15, 0.2) is 0 Å². The van der Waals surface area contributed by atoms with Crippen molar-refractivity contribution >= 4 is 49.0 Å². The zero-order valence-electron chi connectivity index (χ0n) is 13.6. The number of benzene rings is 1. The monoisotopic (exact) mass is 415 g/mol. The first-order chi connectivity index (χ1) is 10.6. The van der Waals surface area contributed by atoms with Gasteiger partial charge >= 0.3 is 153 Å². The Hall–Kier alpha value is -0.762. The predicted octanol–water partition coefficient (Wildman–Crippen LogP) is 3.12. The molecule has 0 aliphatic carbocycles. The van der Waals surface area contributed by atoms with Crippen molar-refractivity contribution in [3.63, 3.8) is 0 Å². The van der Waals surface area contributed by atoms with Crippen LogP contribution >= 0.6 is 23.2 Å². The molecule has 23 heavy (non-hydrogen) atoms. The summed E-state index contributed by atoms with van der Waals surface area (Å²) in [6, 6.07) is 5.23. The Morgan fingerprint density at radius 3 is 2.39 bits per heavy atom. The second kappa shape index (κ2) is 7.01. The van der Waals surface area contributed by atoms with Crippen molar-refractivity contribution < 1.29 is 0 Å². The Labute approximate surface area is 152 Å². The number of hydrogen-bond donors (Lipinski definition) is 1. The Morgan fingerprint density at radius 2 is 1.83 bits per heavy atom. The fourth-order valence-corrected chi connectivity index (χ4v) is 5.51. The van der Waals surface area contributed by atoms with Gasteiger partial charge in [-0.2, -0.15) is 0 Å². The van der Waals surface area contributed by atoms with Crippen molar-refractivity contribution in [2.75, 3.05) is 5.32 Å². The van der Waals surface area contributed by atoms with Crippen LogP contribution < -0.4 is 20.5 Å². The predicted molar refractivity (Wildman–Crippen MR) is 101 cm³/mol. The fraction of sp³-hybridized carbons (Fsp3) is 0.412. The SMILES string of the molecule is C[C@H]([AsH]c1c(NCc2ccc(Cl)cc2Cl)c(=O)c1=O)C(C)(C)C. The Kier molecular flexibility index (Phi) is 5.66. The van der Waals surface area contributed by atoms with E-state index in [4.69, 9.17) is 23.2 Å². The van der Waals surface area contributed by atoms with Crippen LogP contribution in [-0.2, 0) is 6.54 Å². The number of anilines is 1. The van der Waals surface area contributed by atoms with Gasteiger partial charge in [0.05, 0.1) is 0 Å². The quantitative estimate of drug-likeness (QED) is 0.602. The average molecular weight is 416 g/mol. The molecule has 0 fully saturated rings. The number of halogens is 2. The van der Waals surface area contributed by atoms with E-state index >= 15 is 0 Å². The summed E-state index contributed by atoms with van der Waals surface area (Å²) in [5.41, 5.74) is 0.744. The molecular weight excluding hydrogens is 396 g/mol. The molecule has 0 amide bonds. The third kappa shape index (κ3) is 4.20. The van der Waals surface area contributed by atoms with Gasteiger partial charge in [-0.1, -0.05) is 0 Å². The molecule has 2 rings (SSSR count). The summed E-state index contributed by atoms with van der Waals surface area (Å²) in [4.78, 5) is 23.8. The molecule has 2 aromatic carbocycles. The van der Waals surface area contributed by atoms with E-state index in [0.29, 0.717) is 27.0 Å². The van der Waals surface area contributed by atoms with E-state index in [9.17, 15) is 9.59 Å². The number of hydrogen-bond acceptors (Lipinski definition) is 3. The van der Waals surface area contributed by atoms with Gasteiger partial charge in [0, 0.05) is 0 Å². The summed E-state index contributed by atoms with van der Waals surface area (Å²) in [6.07, 6.45) is 0. The van der Waals surface area contributed by atoms with Crippen LogP contribution in [0.15, 0.2) is 27.8 Å². The normalized spacial score (nSPS) is 13.8. The van der Waals surface area contributed by atoms with E-state index in [2.05, 4.69) is 33.0 Å². The number of rotatable bonds is 5. The standard InChI is InChI=1S/C17H20AsCl2NO2/c1-9(17(2,3)4)18-13-14(16(23)15(13)22)21-8-10-5-6-11(19)7-12(10)20/h5-7,9,18,21H,8H2,1-4H3/t9-/m0/s1. The molecule has 6 heteroatoms. The van der Waals surface area contributed by atoms with Gasteiger partial charge in [0.2, 0.25) is 0 Å². The molecule has 1 unspecified atom stereocenters. The van der Waals surface area contributed by atoms with Crippen LogP contribution in [0.3, 0.4) is 0 Å². The van der Waals surface area contributed by atoms with E-state index in [1.54, 1.807) is 12.1 Å². The molecule has 0 aliphatic heterocycles. The molecule has 0 spiro atoms. The molecule has 3 nitrogen and oxygen atoms in total. The third-order valence-corrected chi connectivity index (χ3v) is 8.96. The first-order valence-electron chi connectivity index (χ1n) is 7.39. The van der Waals surface area contributed by atoms with E-state index in [-0.39, 0.29) is 10.8 Å². The van der Waals surface area contributed by atoms with Gasteiger partial charge < -0.3 is 0 Å². The first-order valence-corrected chi connectivity index (χ1v) is 10.4. The molecule has 2 atom stereocenters. The van der Waals surface area contributed by atoms with Crippen LogP contribution in [0.5, 0.6) is 0 Å². The molecule has 0 heterocycles. The van der Waals surface area contributed by atoms with Crippen molar-refractivity contribution in [3.05, 3.63) is 54.3 Å². The summed E-state index contributed by atoms with van der Waals surface area (Å²) in [5.74, 6) is 0. The van der Waals surface area contributed by atoms with Gasteiger partial charge in [-0.3, -0.25) is 0 Å². The first kappa shape index (κ1) is 18.6. The molecule has 124 valence electrons. The van der Waals surface area contributed by atoms with Crippen molar-refractivity contribution in [1.82, 2.24) is 0 Å². The molecule has 0 radical (unpaired) electrons. The minimum atomic E-state index is -0.667. The topological polar surface area (TPSA) is 46.2 Å². The van der Waals surface area contributed by atoms with Crippen LogP contribution in [0.1, 0.15) is 33.3 Å². The zero-order valence-corrected chi connectivity index (χ0v) is 17.2. The average Bonchev–Trinajstić information content (AvgIpc) is 2.46. The van der Waals surface area contributed by atoms with Crippen LogP contribution in [-0.4, -0.2) is 15.8 Å². The summed E-state index contributed by atoms with van der Waals surface area (Å²) in [7, 11) is 0. The van der Waals surface area contributed by atoms with Crippen molar-refractivity contribution in [1.29, 1.82) is 0 Å². The van der Waals surface area contributed by atoms with Gasteiger partial charge in [0.25, 0.3) is 0 Å². The van der Waals surface area contributed by atoms with E-state index in [1.807, 2.05) is 6.07 Å². The Bertz CT molecular complexity index is 789. The van der Waals surface area contributed by atoms with Crippen LogP contribution in [0.25, 0.3) is 0 Å². The molecule has 0 saturated carbocycles. The van der Waals surface area contributed by atoms with E-state index in [1.165, 1.54) is 0 Å². The molecule has 0 bridgehead atoms. The molecule has 0 aromatic heterocycles.